The van der Waals surface area contributed by atoms with Crippen molar-refractivity contribution in [1.82, 2.24) is 9.88 Å². The summed E-state index contributed by atoms with van der Waals surface area (Å²) in [6.45, 7) is 18.9. The van der Waals surface area contributed by atoms with Gasteiger partial charge in [-0.1, -0.05) is 35.9 Å². The summed E-state index contributed by atoms with van der Waals surface area (Å²) in [5.74, 6) is 0.159. The first-order chi connectivity index (χ1) is 32.2. The monoisotopic (exact) mass is 933 g/mol. The summed E-state index contributed by atoms with van der Waals surface area (Å²) in [6, 6.07) is 17.5. The first-order valence-electron chi connectivity index (χ1n) is 22.8. The van der Waals surface area contributed by atoms with E-state index >= 15 is 0 Å². The Balaban J connectivity index is 1.13. The van der Waals surface area contributed by atoms with Gasteiger partial charge in [-0.25, -0.2) is 4.79 Å². The Morgan fingerprint density at radius 3 is 1.38 bits per heavy atom. The lowest BCUT2D eigenvalue weighted by Gasteiger charge is -2.27. The van der Waals surface area contributed by atoms with Crippen molar-refractivity contribution in [1.29, 1.82) is 0 Å². The van der Waals surface area contributed by atoms with Crippen molar-refractivity contribution in [3.05, 3.63) is 72.1 Å². The average molecular weight is 933 g/mol. The number of phenols is 1. The highest BCUT2D eigenvalue weighted by Gasteiger charge is 2.23. The van der Waals surface area contributed by atoms with Crippen LogP contribution in [0.15, 0.2) is 60.8 Å². The predicted molar refractivity (Wildman–Crippen MR) is 249 cm³/mol. The first-order valence-corrected chi connectivity index (χ1v) is 22.8. The highest BCUT2D eigenvalue weighted by molar-refractivity contribution is 5.77. The molecular formula is C49H76N2O15. The SMILES string of the molecule is COCCOCCOCCOCCOCCOCCOCCOCCOCCOCCOCCOCCN(Cc1cc(-c2cc(-c3cccc(C)c3)ccc2O)ccn1)C(=O)OC(C)(C)C. The van der Waals surface area contributed by atoms with Gasteiger partial charge in [0.25, 0.3) is 0 Å². The number of benzene rings is 2. The van der Waals surface area contributed by atoms with E-state index in [0.717, 1.165) is 22.3 Å². The van der Waals surface area contributed by atoms with Crippen LogP contribution < -0.4 is 0 Å². The van der Waals surface area contributed by atoms with Crippen LogP contribution in [0.25, 0.3) is 22.3 Å². The summed E-state index contributed by atoms with van der Waals surface area (Å²) < 4.78 is 71.4. The van der Waals surface area contributed by atoms with Crippen LogP contribution in [0.2, 0.25) is 0 Å². The molecule has 17 nitrogen and oxygen atoms in total. The number of hydrogen-bond acceptors (Lipinski definition) is 16. The minimum absolute atomic E-state index is 0.159. The average Bonchev–Trinajstić information content (AvgIpc) is 3.29. The molecule has 1 heterocycles. The predicted octanol–water partition coefficient (Wildman–Crippen LogP) is 6.00. The van der Waals surface area contributed by atoms with Crippen LogP contribution in [-0.2, 0) is 68.1 Å². The van der Waals surface area contributed by atoms with Crippen LogP contribution in [0.4, 0.5) is 4.79 Å². The highest BCUT2D eigenvalue weighted by Crippen LogP contribution is 2.34. The minimum Gasteiger partial charge on any atom is -0.507 e. The molecule has 0 aliphatic rings. The first kappa shape index (κ1) is 56.5. The van der Waals surface area contributed by atoms with Crippen LogP contribution in [0.1, 0.15) is 32.0 Å². The highest BCUT2D eigenvalue weighted by atomic mass is 16.6. The third-order valence-corrected chi connectivity index (χ3v) is 9.14. The number of carbonyl (C=O) groups excluding carboxylic acids is 1. The van der Waals surface area contributed by atoms with Crippen molar-refractivity contribution in [2.24, 2.45) is 0 Å². The number of amides is 1. The van der Waals surface area contributed by atoms with Gasteiger partial charge in [0.2, 0.25) is 0 Å². The molecule has 1 amide bonds. The Morgan fingerprint density at radius 2 is 0.955 bits per heavy atom. The van der Waals surface area contributed by atoms with Crippen molar-refractivity contribution >= 4 is 6.09 Å². The number of ether oxygens (including phenoxy) is 13. The minimum atomic E-state index is -0.675. The molecule has 0 radical (unpaired) electrons. The topological polar surface area (TPSA) is 173 Å². The van der Waals surface area contributed by atoms with E-state index in [-0.39, 0.29) is 25.4 Å². The van der Waals surface area contributed by atoms with Gasteiger partial charge in [-0.2, -0.15) is 0 Å². The maximum Gasteiger partial charge on any atom is 0.410 e. The van der Waals surface area contributed by atoms with E-state index in [4.69, 9.17) is 61.6 Å². The Hall–Kier alpha value is -3.82. The van der Waals surface area contributed by atoms with Crippen molar-refractivity contribution in [3.8, 4) is 28.0 Å². The van der Waals surface area contributed by atoms with Gasteiger partial charge in [-0.15, -0.1) is 0 Å². The lowest BCUT2D eigenvalue weighted by Crippen LogP contribution is -2.38. The van der Waals surface area contributed by atoms with E-state index in [2.05, 4.69) is 24.0 Å². The molecule has 0 saturated carbocycles. The lowest BCUT2D eigenvalue weighted by atomic mass is 9.97. The number of carbonyl (C=O) groups is 1. The second-order valence-corrected chi connectivity index (χ2v) is 15.8. The Labute approximate surface area is 392 Å². The van der Waals surface area contributed by atoms with E-state index in [0.29, 0.717) is 157 Å². The summed E-state index contributed by atoms with van der Waals surface area (Å²) in [5.41, 5.74) is 4.64. The largest absolute Gasteiger partial charge is 0.507 e. The molecular weight excluding hydrogens is 857 g/mol. The number of aryl methyl sites for hydroxylation is 1. The number of pyridine rings is 1. The quantitative estimate of drug-likeness (QED) is 0.0658. The molecule has 0 atom stereocenters. The normalized spacial score (nSPS) is 11.7. The maximum atomic E-state index is 13.2. The molecule has 17 heteroatoms. The number of hydrogen-bond donors (Lipinski definition) is 1. The molecule has 372 valence electrons. The zero-order valence-corrected chi connectivity index (χ0v) is 40.0. The molecule has 2 aromatic carbocycles. The number of rotatable bonds is 40. The number of phenolic OH excluding ortho intramolecular Hbond substituents is 1. The summed E-state index contributed by atoms with van der Waals surface area (Å²) in [6.07, 6.45) is 1.21. The van der Waals surface area contributed by atoms with Crippen LogP contribution in [0.3, 0.4) is 0 Å². The summed E-state index contributed by atoms with van der Waals surface area (Å²) in [5, 5.41) is 10.8. The number of nitrogens with zero attached hydrogens (tertiary/aromatic N) is 2. The van der Waals surface area contributed by atoms with Gasteiger partial charge < -0.3 is 66.7 Å². The van der Waals surface area contributed by atoms with Crippen LogP contribution >= 0.6 is 0 Å². The number of methoxy groups -OCH3 is 1. The fraction of sp³-hybridized carbons (Fsp3) is 0.633. The van der Waals surface area contributed by atoms with E-state index in [1.165, 1.54) is 0 Å². The summed E-state index contributed by atoms with van der Waals surface area (Å²) >= 11 is 0. The van der Waals surface area contributed by atoms with E-state index in [1.54, 1.807) is 24.3 Å². The molecule has 0 aliphatic carbocycles. The summed E-state index contributed by atoms with van der Waals surface area (Å²) in [7, 11) is 1.64. The van der Waals surface area contributed by atoms with E-state index < -0.39 is 11.7 Å². The second-order valence-electron chi connectivity index (χ2n) is 15.8. The third kappa shape index (κ3) is 27.7. The molecule has 3 rings (SSSR count). The third-order valence-electron chi connectivity index (χ3n) is 9.14. The molecule has 3 aromatic rings. The lowest BCUT2D eigenvalue weighted by molar-refractivity contribution is -0.0283. The summed E-state index contributed by atoms with van der Waals surface area (Å²) in [4.78, 5) is 19.3. The zero-order chi connectivity index (χ0) is 47.3. The molecule has 1 aromatic heterocycles. The van der Waals surface area contributed by atoms with Gasteiger partial charge in [0.15, 0.2) is 0 Å². The van der Waals surface area contributed by atoms with Crippen LogP contribution in [0, 0.1) is 6.92 Å². The van der Waals surface area contributed by atoms with Crippen LogP contribution in [0.5, 0.6) is 5.75 Å². The number of aromatic hydroxyl groups is 1. The Kier molecular flexibility index (Phi) is 31.0. The molecule has 0 fully saturated rings. The van der Waals surface area contributed by atoms with Crippen molar-refractivity contribution in [2.75, 3.05) is 166 Å². The Morgan fingerprint density at radius 1 is 0.530 bits per heavy atom. The molecule has 0 aliphatic heterocycles. The molecule has 0 unspecified atom stereocenters. The van der Waals surface area contributed by atoms with Crippen LogP contribution in [-0.4, -0.2) is 192 Å². The Bertz CT molecular complexity index is 1680. The smallest absolute Gasteiger partial charge is 0.410 e. The number of aromatic nitrogens is 1. The molecule has 1 N–H and O–H groups in total. The van der Waals surface area contributed by atoms with Crippen molar-refractivity contribution in [2.45, 2.75) is 39.8 Å². The maximum absolute atomic E-state index is 13.2. The van der Waals surface area contributed by atoms with Gasteiger partial charge >= 0.3 is 6.09 Å². The fourth-order valence-corrected chi connectivity index (χ4v) is 5.88. The van der Waals surface area contributed by atoms with Crippen molar-refractivity contribution < 1.29 is 71.5 Å². The van der Waals surface area contributed by atoms with Gasteiger partial charge in [-0.3, -0.25) is 9.88 Å². The standard InChI is InChI=1S/C49H76N2O15/c1-41-7-6-8-42(37-41)43-9-10-47(52)46(39-43)44-11-12-50-45(38-44)40-51(48(53)66-49(2,3)4)13-14-55-17-18-57-21-22-59-25-26-61-29-30-63-33-34-65-36-35-64-32-31-62-28-27-60-24-23-58-20-19-56-16-15-54-5/h6-12,37-39,52H,13-36,40H2,1-5H3. The molecule has 0 bridgehead atoms. The van der Waals surface area contributed by atoms with Gasteiger partial charge in [0.1, 0.15) is 11.4 Å². The van der Waals surface area contributed by atoms with E-state index in [1.807, 2.05) is 57.2 Å². The van der Waals surface area contributed by atoms with Gasteiger partial charge in [0.05, 0.1) is 164 Å². The molecule has 0 spiro atoms. The fourth-order valence-electron chi connectivity index (χ4n) is 5.88. The zero-order valence-electron chi connectivity index (χ0n) is 40.0. The van der Waals surface area contributed by atoms with Gasteiger partial charge in [-0.05, 0) is 68.7 Å². The van der Waals surface area contributed by atoms with E-state index in [9.17, 15) is 9.90 Å². The van der Waals surface area contributed by atoms with Crippen molar-refractivity contribution in [3.63, 3.8) is 0 Å². The molecule has 66 heavy (non-hydrogen) atoms. The van der Waals surface area contributed by atoms with Gasteiger partial charge in [0, 0.05) is 25.4 Å². The second kappa shape index (κ2) is 36.3. The molecule has 0 saturated heterocycles.